The summed E-state index contributed by atoms with van der Waals surface area (Å²) in [6.07, 6.45) is 1.59. The fourth-order valence-electron chi connectivity index (χ4n) is 2.51. The normalized spacial score (nSPS) is 12.0. The molecule has 2 rings (SSSR count). The van der Waals surface area contributed by atoms with Gasteiger partial charge >= 0.3 is 0 Å². The van der Waals surface area contributed by atoms with E-state index in [1.54, 1.807) is 13.3 Å². The molecular formula is C21H23N3O2. The van der Waals surface area contributed by atoms with Crippen molar-refractivity contribution in [1.29, 1.82) is 5.26 Å². The van der Waals surface area contributed by atoms with Crippen LogP contribution in [0.25, 0.3) is 0 Å². The second-order valence-electron chi connectivity index (χ2n) is 5.74. The van der Waals surface area contributed by atoms with E-state index in [1.165, 1.54) is 0 Å². The molecule has 1 atom stereocenters. The van der Waals surface area contributed by atoms with E-state index in [0.717, 1.165) is 17.0 Å². The molecular weight excluding hydrogens is 326 g/mol. The highest BCUT2D eigenvalue weighted by molar-refractivity contribution is 5.97. The third kappa shape index (κ3) is 4.87. The summed E-state index contributed by atoms with van der Waals surface area (Å²) in [5, 5.41) is 12.3. The molecule has 1 N–H and O–H groups in total. The number of hydrogen-bond acceptors (Lipinski definition) is 4. The molecule has 5 nitrogen and oxygen atoms in total. The van der Waals surface area contributed by atoms with E-state index >= 15 is 0 Å². The molecule has 2 aromatic carbocycles. The minimum absolute atomic E-state index is 0.0658. The highest BCUT2D eigenvalue weighted by Crippen LogP contribution is 2.18. The lowest BCUT2D eigenvalue weighted by Crippen LogP contribution is -2.29. The van der Waals surface area contributed by atoms with Gasteiger partial charge in [-0.2, -0.15) is 5.26 Å². The summed E-state index contributed by atoms with van der Waals surface area (Å²) in [6.45, 7) is 4.50. The minimum atomic E-state index is -0.398. The number of para-hydroxylation sites is 1. The number of anilines is 1. The maximum atomic E-state index is 12.5. The van der Waals surface area contributed by atoms with Crippen LogP contribution in [0.5, 0.6) is 5.75 Å². The number of hydrogen-bond donors (Lipinski definition) is 1. The van der Waals surface area contributed by atoms with Gasteiger partial charge in [-0.3, -0.25) is 4.79 Å². The molecule has 0 saturated heterocycles. The molecule has 0 aromatic heterocycles. The minimum Gasteiger partial charge on any atom is -0.497 e. The van der Waals surface area contributed by atoms with Crippen molar-refractivity contribution in [2.75, 3.05) is 18.6 Å². The van der Waals surface area contributed by atoms with Crippen LogP contribution >= 0.6 is 0 Å². The Balaban J connectivity index is 2.13. The maximum Gasteiger partial charge on any atom is 0.263 e. The van der Waals surface area contributed by atoms with Crippen LogP contribution in [0.4, 0.5) is 5.69 Å². The highest BCUT2D eigenvalue weighted by atomic mass is 16.5. The first-order valence-corrected chi connectivity index (χ1v) is 8.47. The predicted octanol–water partition coefficient (Wildman–Crippen LogP) is 3.81. The number of nitrogens with one attached hydrogen (secondary N) is 1. The van der Waals surface area contributed by atoms with E-state index in [1.807, 2.05) is 79.4 Å². The second-order valence-corrected chi connectivity index (χ2v) is 5.74. The molecule has 0 radical (unpaired) electrons. The maximum absolute atomic E-state index is 12.5. The zero-order chi connectivity index (χ0) is 18.9. The molecule has 0 aliphatic carbocycles. The van der Waals surface area contributed by atoms with Gasteiger partial charge in [-0.1, -0.05) is 30.3 Å². The smallest absolute Gasteiger partial charge is 0.263 e. The van der Waals surface area contributed by atoms with Crippen LogP contribution < -0.4 is 15.0 Å². The molecule has 134 valence electrons. The molecule has 0 aliphatic heterocycles. The molecule has 0 saturated carbocycles. The number of ether oxygens (including phenoxy) is 1. The van der Waals surface area contributed by atoms with Crippen molar-refractivity contribution in [3.05, 3.63) is 71.9 Å². The summed E-state index contributed by atoms with van der Waals surface area (Å²) >= 11 is 0. The first-order valence-electron chi connectivity index (χ1n) is 8.47. The Bertz CT molecular complexity index is 792. The molecule has 0 bridgehead atoms. The van der Waals surface area contributed by atoms with E-state index in [9.17, 15) is 10.1 Å². The number of carbonyl (C=O) groups is 1. The fourth-order valence-corrected chi connectivity index (χ4v) is 2.51. The van der Waals surface area contributed by atoms with Crippen molar-refractivity contribution in [3.63, 3.8) is 0 Å². The Labute approximate surface area is 154 Å². The zero-order valence-corrected chi connectivity index (χ0v) is 15.3. The fraction of sp³-hybridized carbons (Fsp3) is 0.238. The van der Waals surface area contributed by atoms with Crippen LogP contribution in [0.2, 0.25) is 0 Å². The summed E-state index contributed by atoms with van der Waals surface area (Å²) in [5.74, 6) is 0.358. The van der Waals surface area contributed by atoms with Crippen LogP contribution in [0.1, 0.15) is 25.5 Å². The van der Waals surface area contributed by atoms with Gasteiger partial charge in [0.25, 0.3) is 5.91 Å². The van der Waals surface area contributed by atoms with Crippen molar-refractivity contribution < 1.29 is 9.53 Å². The lowest BCUT2D eigenvalue weighted by atomic mass is 10.1. The van der Waals surface area contributed by atoms with E-state index in [0.29, 0.717) is 6.54 Å². The predicted molar refractivity (Wildman–Crippen MR) is 103 cm³/mol. The average molecular weight is 349 g/mol. The van der Waals surface area contributed by atoms with Crippen LogP contribution in [0.3, 0.4) is 0 Å². The van der Waals surface area contributed by atoms with Crippen molar-refractivity contribution in [3.8, 4) is 11.8 Å². The molecule has 26 heavy (non-hydrogen) atoms. The van der Waals surface area contributed by atoms with Crippen molar-refractivity contribution in [2.24, 2.45) is 0 Å². The van der Waals surface area contributed by atoms with Gasteiger partial charge < -0.3 is 15.0 Å². The van der Waals surface area contributed by atoms with Gasteiger partial charge in [0.1, 0.15) is 17.4 Å². The highest BCUT2D eigenvalue weighted by Gasteiger charge is 2.15. The Morgan fingerprint density at radius 3 is 2.42 bits per heavy atom. The zero-order valence-electron chi connectivity index (χ0n) is 15.3. The van der Waals surface area contributed by atoms with E-state index < -0.39 is 5.91 Å². The van der Waals surface area contributed by atoms with E-state index in [2.05, 4.69) is 5.32 Å². The quantitative estimate of drug-likeness (QED) is 0.610. The van der Waals surface area contributed by atoms with Crippen LogP contribution in [-0.4, -0.2) is 19.6 Å². The van der Waals surface area contributed by atoms with Crippen molar-refractivity contribution in [2.45, 2.75) is 19.9 Å². The van der Waals surface area contributed by atoms with Gasteiger partial charge in [0.2, 0.25) is 0 Å². The van der Waals surface area contributed by atoms with E-state index in [-0.39, 0.29) is 11.6 Å². The standard InChI is InChI=1S/C21H23N3O2/c1-4-24(19-8-6-5-7-9-19)15-18(14-22)21(25)23-16(2)17-10-12-20(26-3)13-11-17/h5-13,15-16H,4H2,1-3H3,(H,23,25)/b18-15-. The molecule has 0 heterocycles. The van der Waals surface area contributed by atoms with Crippen LogP contribution in [0, 0.1) is 11.3 Å². The van der Waals surface area contributed by atoms with Gasteiger partial charge in [-0.15, -0.1) is 0 Å². The Morgan fingerprint density at radius 2 is 1.88 bits per heavy atom. The van der Waals surface area contributed by atoms with Gasteiger partial charge in [0.05, 0.1) is 13.2 Å². The summed E-state index contributed by atoms with van der Waals surface area (Å²) in [6, 6.07) is 18.9. The van der Waals surface area contributed by atoms with E-state index in [4.69, 9.17) is 4.74 Å². The summed E-state index contributed by atoms with van der Waals surface area (Å²) < 4.78 is 5.14. The largest absolute Gasteiger partial charge is 0.497 e. The summed E-state index contributed by atoms with van der Waals surface area (Å²) in [5.41, 5.74) is 1.93. The van der Waals surface area contributed by atoms with Gasteiger partial charge in [0, 0.05) is 18.4 Å². The lowest BCUT2D eigenvalue weighted by molar-refractivity contribution is -0.117. The number of carbonyl (C=O) groups excluding carboxylic acids is 1. The number of nitriles is 1. The molecule has 1 unspecified atom stereocenters. The molecule has 0 aliphatic rings. The Hall–Kier alpha value is -3.26. The Morgan fingerprint density at radius 1 is 1.23 bits per heavy atom. The van der Waals surface area contributed by atoms with Gasteiger partial charge in [0.15, 0.2) is 0 Å². The monoisotopic (exact) mass is 349 g/mol. The summed E-state index contributed by atoms with van der Waals surface area (Å²) in [4.78, 5) is 14.4. The van der Waals surface area contributed by atoms with Crippen molar-refractivity contribution >= 4 is 11.6 Å². The second kappa shape index (κ2) is 9.28. The van der Waals surface area contributed by atoms with Crippen LogP contribution in [-0.2, 0) is 4.79 Å². The van der Waals surface area contributed by atoms with Crippen LogP contribution in [0.15, 0.2) is 66.4 Å². The average Bonchev–Trinajstić information content (AvgIpc) is 2.69. The topological polar surface area (TPSA) is 65.4 Å². The number of methoxy groups -OCH3 is 1. The van der Waals surface area contributed by atoms with Gasteiger partial charge in [-0.05, 0) is 43.7 Å². The third-order valence-corrected chi connectivity index (χ3v) is 4.04. The Kier molecular flexibility index (Phi) is 6.81. The molecule has 5 heteroatoms. The first kappa shape index (κ1) is 19.1. The number of rotatable bonds is 7. The molecule has 0 spiro atoms. The summed E-state index contributed by atoms with van der Waals surface area (Å²) in [7, 11) is 1.61. The molecule has 0 fully saturated rings. The third-order valence-electron chi connectivity index (χ3n) is 4.04. The molecule has 1 amide bonds. The van der Waals surface area contributed by atoms with Gasteiger partial charge in [-0.25, -0.2) is 0 Å². The van der Waals surface area contributed by atoms with Crippen molar-refractivity contribution in [1.82, 2.24) is 5.32 Å². The number of amides is 1. The number of benzene rings is 2. The molecule has 2 aromatic rings. The SMILES string of the molecule is CCN(/C=C(/C#N)C(=O)NC(C)c1ccc(OC)cc1)c1ccccc1. The first-order chi connectivity index (χ1) is 12.6. The number of nitrogens with zero attached hydrogens (tertiary/aromatic N) is 2. The lowest BCUT2D eigenvalue weighted by Gasteiger charge is -2.19.